The maximum absolute atomic E-state index is 6.34. The summed E-state index contributed by atoms with van der Waals surface area (Å²) in [5, 5.41) is 4.63. The van der Waals surface area contributed by atoms with Gasteiger partial charge in [-0.15, -0.1) is 0 Å². The van der Waals surface area contributed by atoms with Gasteiger partial charge in [0.25, 0.3) is 0 Å². The van der Waals surface area contributed by atoms with E-state index in [-0.39, 0.29) is 11.5 Å². The topological polar surface area (TPSA) is 12.0 Å². The Kier molecular flexibility index (Phi) is 3.81. The highest BCUT2D eigenvalue weighted by Crippen LogP contribution is 2.46. The molecule has 0 aromatic heterocycles. The number of hydrogen-bond donors (Lipinski definition) is 1. The second-order valence-electron chi connectivity index (χ2n) is 6.71. The standard InChI is InChI=1S/C19H22ClN/c1-13(15-9-6-7-11-17(15)20)21-18-16-10-5-4-8-14(16)12-19(18,2)3/h4-11,13,18,21H,12H2,1-3H3. The van der Waals surface area contributed by atoms with Crippen molar-refractivity contribution in [2.45, 2.75) is 39.3 Å². The van der Waals surface area contributed by atoms with Gasteiger partial charge >= 0.3 is 0 Å². The molecule has 2 atom stereocenters. The molecule has 0 spiro atoms. The summed E-state index contributed by atoms with van der Waals surface area (Å²) in [4.78, 5) is 0. The molecule has 21 heavy (non-hydrogen) atoms. The molecule has 1 aliphatic rings. The van der Waals surface area contributed by atoms with Crippen molar-refractivity contribution in [1.82, 2.24) is 5.32 Å². The first-order chi connectivity index (χ1) is 9.99. The van der Waals surface area contributed by atoms with E-state index in [1.54, 1.807) is 0 Å². The van der Waals surface area contributed by atoms with Crippen molar-refractivity contribution in [3.8, 4) is 0 Å². The Labute approximate surface area is 132 Å². The van der Waals surface area contributed by atoms with Crippen molar-refractivity contribution in [3.63, 3.8) is 0 Å². The van der Waals surface area contributed by atoms with Crippen molar-refractivity contribution >= 4 is 11.6 Å². The minimum atomic E-state index is 0.221. The fraction of sp³-hybridized carbons (Fsp3) is 0.368. The molecular formula is C19H22ClN. The second kappa shape index (κ2) is 5.47. The Morgan fingerprint density at radius 1 is 1.10 bits per heavy atom. The average molecular weight is 300 g/mol. The summed E-state index contributed by atoms with van der Waals surface area (Å²) >= 11 is 6.34. The molecule has 2 unspecified atom stereocenters. The zero-order chi connectivity index (χ0) is 15.0. The summed E-state index contributed by atoms with van der Waals surface area (Å²) in [6.07, 6.45) is 1.12. The van der Waals surface area contributed by atoms with Crippen molar-refractivity contribution < 1.29 is 0 Å². The van der Waals surface area contributed by atoms with E-state index in [4.69, 9.17) is 11.6 Å². The molecular weight excluding hydrogens is 278 g/mol. The van der Waals surface area contributed by atoms with Crippen LogP contribution in [0.4, 0.5) is 0 Å². The first kappa shape index (κ1) is 14.6. The maximum Gasteiger partial charge on any atom is 0.0453 e. The summed E-state index contributed by atoms with van der Waals surface area (Å²) in [6, 6.07) is 17.5. The van der Waals surface area contributed by atoms with Crippen molar-refractivity contribution in [3.05, 3.63) is 70.2 Å². The number of fused-ring (bicyclic) bond motifs is 1. The summed E-state index contributed by atoms with van der Waals surface area (Å²) < 4.78 is 0. The van der Waals surface area contributed by atoms with Crippen LogP contribution in [0.2, 0.25) is 5.02 Å². The van der Waals surface area contributed by atoms with Crippen molar-refractivity contribution in [1.29, 1.82) is 0 Å². The third-order valence-electron chi connectivity index (χ3n) is 4.58. The smallest absolute Gasteiger partial charge is 0.0453 e. The molecule has 2 heteroatoms. The SMILES string of the molecule is CC(NC1c2ccccc2CC1(C)C)c1ccccc1Cl. The fourth-order valence-electron chi connectivity index (χ4n) is 3.47. The number of nitrogens with one attached hydrogen (secondary N) is 1. The third kappa shape index (κ3) is 2.73. The van der Waals surface area contributed by atoms with E-state index in [0.717, 1.165) is 11.4 Å². The molecule has 1 aliphatic carbocycles. The van der Waals surface area contributed by atoms with Gasteiger partial charge in [0.2, 0.25) is 0 Å². The van der Waals surface area contributed by atoms with Crippen LogP contribution in [0.25, 0.3) is 0 Å². The number of hydrogen-bond acceptors (Lipinski definition) is 1. The zero-order valence-electron chi connectivity index (χ0n) is 12.9. The van der Waals surface area contributed by atoms with E-state index >= 15 is 0 Å². The Hall–Kier alpha value is -1.31. The third-order valence-corrected chi connectivity index (χ3v) is 4.93. The van der Waals surface area contributed by atoms with E-state index < -0.39 is 0 Å². The van der Waals surface area contributed by atoms with Crippen molar-refractivity contribution in [2.24, 2.45) is 5.41 Å². The Morgan fingerprint density at radius 2 is 1.76 bits per heavy atom. The van der Waals surface area contributed by atoms with E-state index in [2.05, 4.69) is 56.4 Å². The van der Waals surface area contributed by atoms with Crippen LogP contribution in [0.1, 0.15) is 49.5 Å². The highest BCUT2D eigenvalue weighted by Gasteiger charge is 2.39. The highest BCUT2D eigenvalue weighted by molar-refractivity contribution is 6.31. The van der Waals surface area contributed by atoms with Gasteiger partial charge in [0.15, 0.2) is 0 Å². The lowest BCUT2D eigenvalue weighted by Crippen LogP contribution is -2.33. The Bertz CT molecular complexity index is 648. The van der Waals surface area contributed by atoms with Gasteiger partial charge in [-0.3, -0.25) is 0 Å². The van der Waals surface area contributed by atoms with Gasteiger partial charge in [-0.1, -0.05) is 67.9 Å². The summed E-state index contributed by atoms with van der Waals surface area (Å²) in [5.74, 6) is 0. The zero-order valence-corrected chi connectivity index (χ0v) is 13.6. The molecule has 2 aromatic carbocycles. The second-order valence-corrected chi connectivity index (χ2v) is 7.11. The molecule has 1 N–H and O–H groups in total. The number of halogens is 1. The Morgan fingerprint density at radius 3 is 2.52 bits per heavy atom. The summed E-state index contributed by atoms with van der Waals surface area (Å²) in [7, 11) is 0. The van der Waals surface area contributed by atoms with E-state index in [1.165, 1.54) is 16.7 Å². The lowest BCUT2D eigenvalue weighted by atomic mass is 9.84. The van der Waals surface area contributed by atoms with E-state index in [0.29, 0.717) is 6.04 Å². The minimum Gasteiger partial charge on any atom is -0.303 e. The molecule has 0 heterocycles. The summed E-state index contributed by atoms with van der Waals surface area (Å²) in [5.41, 5.74) is 4.28. The average Bonchev–Trinajstić information content (AvgIpc) is 2.70. The molecule has 0 radical (unpaired) electrons. The molecule has 3 rings (SSSR count). The quantitative estimate of drug-likeness (QED) is 0.809. The first-order valence-corrected chi connectivity index (χ1v) is 7.95. The van der Waals surface area contributed by atoms with Gasteiger partial charge < -0.3 is 5.32 Å². The van der Waals surface area contributed by atoms with Crippen LogP contribution in [0.3, 0.4) is 0 Å². The predicted octanol–water partition coefficient (Wildman–Crippen LogP) is 5.31. The lowest BCUT2D eigenvalue weighted by molar-refractivity contribution is 0.252. The minimum absolute atomic E-state index is 0.221. The number of benzene rings is 2. The molecule has 0 aliphatic heterocycles. The Balaban J connectivity index is 1.89. The van der Waals surface area contributed by atoms with Crippen LogP contribution < -0.4 is 5.32 Å². The van der Waals surface area contributed by atoms with E-state index in [9.17, 15) is 0 Å². The largest absolute Gasteiger partial charge is 0.303 e. The lowest BCUT2D eigenvalue weighted by Gasteiger charge is -2.32. The van der Waals surface area contributed by atoms with Crippen LogP contribution in [-0.4, -0.2) is 0 Å². The molecule has 1 nitrogen and oxygen atoms in total. The van der Waals surface area contributed by atoms with Gasteiger partial charge in [0.05, 0.1) is 0 Å². The molecule has 2 aromatic rings. The molecule has 0 bridgehead atoms. The monoisotopic (exact) mass is 299 g/mol. The van der Waals surface area contributed by atoms with E-state index in [1.807, 2.05) is 18.2 Å². The van der Waals surface area contributed by atoms with Gasteiger partial charge in [0, 0.05) is 17.1 Å². The van der Waals surface area contributed by atoms with Crippen LogP contribution in [0.5, 0.6) is 0 Å². The van der Waals surface area contributed by atoms with Gasteiger partial charge in [-0.05, 0) is 41.5 Å². The molecule has 0 amide bonds. The van der Waals surface area contributed by atoms with Gasteiger partial charge in [-0.2, -0.15) is 0 Å². The van der Waals surface area contributed by atoms with Crippen LogP contribution in [-0.2, 0) is 6.42 Å². The predicted molar refractivity (Wildman–Crippen MR) is 89.7 cm³/mol. The summed E-state index contributed by atoms with van der Waals surface area (Å²) in [6.45, 7) is 6.87. The molecule has 0 saturated carbocycles. The molecule has 110 valence electrons. The van der Waals surface area contributed by atoms with Crippen LogP contribution in [0, 0.1) is 5.41 Å². The van der Waals surface area contributed by atoms with Crippen LogP contribution >= 0.6 is 11.6 Å². The van der Waals surface area contributed by atoms with Gasteiger partial charge in [0.1, 0.15) is 0 Å². The highest BCUT2D eigenvalue weighted by atomic mass is 35.5. The fourth-order valence-corrected chi connectivity index (χ4v) is 3.77. The van der Waals surface area contributed by atoms with Gasteiger partial charge in [-0.25, -0.2) is 0 Å². The maximum atomic E-state index is 6.34. The first-order valence-electron chi connectivity index (χ1n) is 7.57. The number of rotatable bonds is 3. The van der Waals surface area contributed by atoms with Crippen molar-refractivity contribution in [2.75, 3.05) is 0 Å². The molecule has 0 saturated heterocycles. The van der Waals surface area contributed by atoms with Crippen LogP contribution in [0.15, 0.2) is 48.5 Å². The normalized spacial score (nSPS) is 21.0. The molecule has 0 fully saturated rings.